The molecule has 0 aliphatic heterocycles. The number of hydrogen-bond donors (Lipinski definition) is 2. The number of nitrogens with one attached hydrogen (secondary N) is 1. The third kappa shape index (κ3) is 6.61. The van der Waals surface area contributed by atoms with Crippen LogP contribution in [0.3, 0.4) is 0 Å². The summed E-state index contributed by atoms with van der Waals surface area (Å²) in [5.74, 6) is -0.913. The van der Waals surface area contributed by atoms with E-state index in [0.29, 0.717) is 25.7 Å². The summed E-state index contributed by atoms with van der Waals surface area (Å²) in [7, 11) is 0. The molecule has 1 aromatic carbocycles. The molecule has 0 aliphatic rings. The number of aromatic nitrogens is 1. The zero-order chi connectivity index (χ0) is 16.5. The van der Waals surface area contributed by atoms with Crippen LogP contribution in [0.2, 0.25) is 0 Å². The van der Waals surface area contributed by atoms with Gasteiger partial charge in [0.15, 0.2) is 0 Å². The lowest BCUT2D eigenvalue weighted by Gasteiger charge is -2.18. The van der Waals surface area contributed by atoms with Crippen molar-refractivity contribution in [2.24, 2.45) is 0 Å². The van der Waals surface area contributed by atoms with Gasteiger partial charge in [0.1, 0.15) is 0 Å². The zero-order valence-corrected chi connectivity index (χ0v) is 13.6. The first-order chi connectivity index (χ1) is 11.1. The molecule has 1 atom stereocenters. The number of carbonyl (C=O) groups excluding carboxylic acids is 1. The van der Waals surface area contributed by atoms with Gasteiger partial charge in [0, 0.05) is 24.3 Å². The summed E-state index contributed by atoms with van der Waals surface area (Å²) < 4.78 is 0. The van der Waals surface area contributed by atoms with Crippen molar-refractivity contribution in [2.45, 2.75) is 38.1 Å². The number of aryl methyl sites for hydroxylation is 1. The first-order valence-electron chi connectivity index (χ1n) is 7.55. The number of thiazole rings is 1. The SMILES string of the molecule is O=C(O)CCC(Cc1ccccc1)NC(=O)CCc1cscn1. The van der Waals surface area contributed by atoms with Crippen LogP contribution in [-0.4, -0.2) is 28.0 Å². The molecule has 0 bridgehead atoms. The summed E-state index contributed by atoms with van der Waals surface area (Å²) in [5.41, 5.74) is 3.75. The quantitative estimate of drug-likeness (QED) is 0.740. The fraction of sp³-hybridized carbons (Fsp3) is 0.353. The van der Waals surface area contributed by atoms with Gasteiger partial charge in [-0.05, 0) is 24.8 Å². The average molecular weight is 332 g/mol. The number of carboxylic acids is 1. The van der Waals surface area contributed by atoms with Crippen molar-refractivity contribution < 1.29 is 14.7 Å². The van der Waals surface area contributed by atoms with Crippen LogP contribution in [0.15, 0.2) is 41.2 Å². The molecule has 0 aliphatic carbocycles. The van der Waals surface area contributed by atoms with Crippen LogP contribution in [0.5, 0.6) is 0 Å². The van der Waals surface area contributed by atoms with E-state index in [1.165, 1.54) is 11.3 Å². The molecule has 122 valence electrons. The molecule has 5 nitrogen and oxygen atoms in total. The molecule has 0 saturated carbocycles. The lowest BCUT2D eigenvalue weighted by atomic mass is 10.0. The van der Waals surface area contributed by atoms with E-state index < -0.39 is 5.97 Å². The van der Waals surface area contributed by atoms with Gasteiger partial charge in [-0.15, -0.1) is 11.3 Å². The van der Waals surface area contributed by atoms with E-state index in [2.05, 4.69) is 10.3 Å². The van der Waals surface area contributed by atoms with Crippen LogP contribution in [0, 0.1) is 0 Å². The highest BCUT2D eigenvalue weighted by molar-refractivity contribution is 7.07. The van der Waals surface area contributed by atoms with Crippen LogP contribution in [-0.2, 0) is 22.4 Å². The van der Waals surface area contributed by atoms with Crippen LogP contribution in [0.1, 0.15) is 30.5 Å². The van der Waals surface area contributed by atoms with E-state index in [0.717, 1.165) is 11.3 Å². The minimum Gasteiger partial charge on any atom is -0.481 e. The molecular formula is C17H20N2O3S. The second-order valence-electron chi connectivity index (χ2n) is 5.37. The second-order valence-corrected chi connectivity index (χ2v) is 6.09. The van der Waals surface area contributed by atoms with E-state index >= 15 is 0 Å². The maximum absolute atomic E-state index is 12.1. The number of hydrogen-bond acceptors (Lipinski definition) is 4. The summed E-state index contributed by atoms with van der Waals surface area (Å²) in [6.07, 6.45) is 2.07. The molecule has 2 N–H and O–H groups in total. The van der Waals surface area contributed by atoms with Crippen molar-refractivity contribution in [1.82, 2.24) is 10.3 Å². The minimum atomic E-state index is -0.847. The lowest BCUT2D eigenvalue weighted by molar-refractivity contribution is -0.137. The van der Waals surface area contributed by atoms with Gasteiger partial charge in [0.2, 0.25) is 5.91 Å². The van der Waals surface area contributed by atoms with E-state index in [1.54, 1.807) is 5.51 Å². The predicted octanol–water partition coefficient (Wildman–Crippen LogP) is 2.67. The van der Waals surface area contributed by atoms with Crippen LogP contribution >= 0.6 is 11.3 Å². The van der Waals surface area contributed by atoms with Crippen molar-refractivity contribution in [1.29, 1.82) is 0 Å². The maximum Gasteiger partial charge on any atom is 0.303 e. The number of aliphatic carboxylic acids is 1. The van der Waals surface area contributed by atoms with Gasteiger partial charge in [0.05, 0.1) is 11.2 Å². The molecule has 0 saturated heterocycles. The first-order valence-corrected chi connectivity index (χ1v) is 8.50. The van der Waals surface area contributed by atoms with E-state index in [4.69, 9.17) is 5.11 Å². The molecule has 1 aromatic heterocycles. The van der Waals surface area contributed by atoms with Gasteiger partial charge in [-0.1, -0.05) is 30.3 Å². The van der Waals surface area contributed by atoms with Crippen molar-refractivity contribution in [3.63, 3.8) is 0 Å². The Morgan fingerprint density at radius 1 is 1.22 bits per heavy atom. The molecule has 1 unspecified atom stereocenters. The highest BCUT2D eigenvalue weighted by Crippen LogP contribution is 2.09. The number of carbonyl (C=O) groups is 2. The van der Waals surface area contributed by atoms with Crippen molar-refractivity contribution in [3.8, 4) is 0 Å². The fourth-order valence-corrected chi connectivity index (χ4v) is 2.92. The minimum absolute atomic E-state index is 0.0455. The van der Waals surface area contributed by atoms with E-state index in [1.807, 2.05) is 35.7 Å². The van der Waals surface area contributed by atoms with Crippen LogP contribution < -0.4 is 5.32 Å². The van der Waals surface area contributed by atoms with Gasteiger partial charge in [-0.3, -0.25) is 9.59 Å². The van der Waals surface area contributed by atoms with Crippen LogP contribution in [0.25, 0.3) is 0 Å². The molecule has 0 spiro atoms. The molecule has 1 amide bonds. The molecule has 0 radical (unpaired) electrons. The van der Waals surface area contributed by atoms with E-state index in [9.17, 15) is 9.59 Å². The van der Waals surface area contributed by atoms with Gasteiger partial charge >= 0.3 is 5.97 Å². The molecule has 6 heteroatoms. The number of nitrogens with zero attached hydrogens (tertiary/aromatic N) is 1. The van der Waals surface area contributed by atoms with Gasteiger partial charge in [-0.2, -0.15) is 0 Å². The zero-order valence-electron chi connectivity index (χ0n) is 12.8. The van der Waals surface area contributed by atoms with Gasteiger partial charge in [-0.25, -0.2) is 4.98 Å². The molecular weight excluding hydrogens is 312 g/mol. The van der Waals surface area contributed by atoms with Crippen molar-refractivity contribution in [3.05, 3.63) is 52.5 Å². The average Bonchev–Trinajstić information content (AvgIpc) is 3.05. The van der Waals surface area contributed by atoms with Gasteiger partial charge in [0.25, 0.3) is 0 Å². The largest absolute Gasteiger partial charge is 0.481 e. The maximum atomic E-state index is 12.1. The van der Waals surface area contributed by atoms with Crippen molar-refractivity contribution >= 4 is 23.2 Å². The normalized spacial score (nSPS) is 11.8. The fourth-order valence-electron chi connectivity index (χ4n) is 2.32. The second kappa shape index (κ2) is 9.05. The summed E-state index contributed by atoms with van der Waals surface area (Å²) in [6, 6.07) is 9.60. The highest BCUT2D eigenvalue weighted by Gasteiger charge is 2.15. The number of rotatable bonds is 9. The topological polar surface area (TPSA) is 79.3 Å². The monoisotopic (exact) mass is 332 g/mol. The number of amides is 1. The third-order valence-electron chi connectivity index (χ3n) is 3.49. The highest BCUT2D eigenvalue weighted by atomic mass is 32.1. The summed E-state index contributed by atoms with van der Waals surface area (Å²) in [6.45, 7) is 0. The Morgan fingerprint density at radius 2 is 2.00 bits per heavy atom. The Bertz CT molecular complexity index is 614. The van der Waals surface area contributed by atoms with E-state index in [-0.39, 0.29) is 18.4 Å². The summed E-state index contributed by atoms with van der Waals surface area (Å²) >= 11 is 1.51. The molecule has 0 fully saturated rings. The Balaban J connectivity index is 1.87. The first kappa shape index (κ1) is 17.1. The summed E-state index contributed by atoms with van der Waals surface area (Å²) in [5, 5.41) is 13.8. The molecule has 23 heavy (non-hydrogen) atoms. The van der Waals surface area contributed by atoms with Gasteiger partial charge < -0.3 is 10.4 Å². The Hall–Kier alpha value is -2.21. The number of carboxylic acid groups (broad SMARTS) is 1. The predicted molar refractivity (Wildman–Crippen MR) is 89.4 cm³/mol. The molecule has 2 aromatic rings. The Labute approximate surface area is 139 Å². The molecule has 2 rings (SSSR count). The van der Waals surface area contributed by atoms with Crippen molar-refractivity contribution in [2.75, 3.05) is 0 Å². The molecule has 1 heterocycles. The standard InChI is InChI=1S/C17H20N2O3S/c20-16(8-6-15-11-23-12-18-15)19-14(7-9-17(21)22)10-13-4-2-1-3-5-13/h1-5,11-12,14H,6-10H2,(H,19,20)(H,21,22). The number of benzene rings is 1. The summed E-state index contributed by atoms with van der Waals surface area (Å²) in [4.78, 5) is 27.1. The smallest absolute Gasteiger partial charge is 0.303 e. The Morgan fingerprint density at radius 3 is 2.65 bits per heavy atom. The van der Waals surface area contributed by atoms with Crippen LogP contribution in [0.4, 0.5) is 0 Å². The lowest BCUT2D eigenvalue weighted by Crippen LogP contribution is -2.37. The Kier molecular flexibility index (Phi) is 6.75. The third-order valence-corrected chi connectivity index (χ3v) is 4.12.